The van der Waals surface area contributed by atoms with Crippen molar-refractivity contribution in [2.75, 3.05) is 0 Å². The number of nitrogens with zero attached hydrogens (tertiary/aromatic N) is 1. The van der Waals surface area contributed by atoms with Crippen molar-refractivity contribution in [1.29, 1.82) is 0 Å². The number of hydrogen-bond donors (Lipinski definition) is 0. The summed E-state index contributed by atoms with van der Waals surface area (Å²) in [5, 5.41) is -0.344. The Morgan fingerprint density at radius 1 is 1.21 bits per heavy atom. The Morgan fingerprint density at radius 2 is 2.00 bits per heavy atom. The SMILES string of the molecule is Cc1cccc(CN2C(=O)S/C(=C\c3cc(Br)ccc3F)C2=O)c1. The average Bonchev–Trinajstić information content (AvgIpc) is 2.79. The van der Waals surface area contributed by atoms with E-state index in [9.17, 15) is 14.0 Å². The van der Waals surface area contributed by atoms with Gasteiger partial charge in [-0.3, -0.25) is 14.5 Å². The summed E-state index contributed by atoms with van der Waals surface area (Å²) in [4.78, 5) is 26.0. The molecule has 3 rings (SSSR count). The second kappa shape index (κ2) is 6.91. The van der Waals surface area contributed by atoms with Gasteiger partial charge in [0.05, 0.1) is 11.4 Å². The van der Waals surface area contributed by atoms with Gasteiger partial charge >= 0.3 is 0 Å². The van der Waals surface area contributed by atoms with Gasteiger partial charge in [-0.2, -0.15) is 0 Å². The third kappa shape index (κ3) is 3.60. The van der Waals surface area contributed by atoms with Crippen LogP contribution in [0, 0.1) is 12.7 Å². The number of imide groups is 1. The fourth-order valence-corrected chi connectivity index (χ4v) is 3.60. The van der Waals surface area contributed by atoms with Crippen LogP contribution in [0.4, 0.5) is 9.18 Å². The molecule has 2 aromatic rings. The minimum atomic E-state index is -0.441. The number of thioether (sulfide) groups is 1. The van der Waals surface area contributed by atoms with Gasteiger partial charge in [-0.25, -0.2) is 4.39 Å². The standard InChI is InChI=1S/C18H13BrFNO2S/c1-11-3-2-4-12(7-11)10-21-17(22)16(24-18(21)23)9-13-8-14(19)5-6-15(13)20/h2-9H,10H2,1H3/b16-9-. The van der Waals surface area contributed by atoms with Crippen molar-refractivity contribution in [1.82, 2.24) is 4.90 Å². The summed E-state index contributed by atoms with van der Waals surface area (Å²) < 4.78 is 14.6. The second-order valence-electron chi connectivity index (χ2n) is 5.42. The van der Waals surface area contributed by atoms with E-state index in [0.29, 0.717) is 4.47 Å². The lowest BCUT2D eigenvalue weighted by Crippen LogP contribution is -2.27. The molecule has 122 valence electrons. The summed E-state index contributed by atoms with van der Waals surface area (Å²) in [6.07, 6.45) is 1.42. The molecular weight excluding hydrogens is 393 g/mol. The molecule has 2 amide bonds. The van der Waals surface area contributed by atoms with Gasteiger partial charge in [0, 0.05) is 10.0 Å². The highest BCUT2D eigenvalue weighted by molar-refractivity contribution is 9.10. The first-order chi connectivity index (χ1) is 11.4. The quantitative estimate of drug-likeness (QED) is 0.663. The van der Waals surface area contributed by atoms with E-state index in [-0.39, 0.29) is 22.3 Å². The van der Waals surface area contributed by atoms with Crippen molar-refractivity contribution in [2.24, 2.45) is 0 Å². The fourth-order valence-electron chi connectivity index (χ4n) is 2.40. The maximum absolute atomic E-state index is 13.9. The summed E-state index contributed by atoms with van der Waals surface area (Å²) in [6, 6.07) is 12.1. The molecule has 1 saturated heterocycles. The van der Waals surface area contributed by atoms with E-state index in [1.807, 2.05) is 31.2 Å². The van der Waals surface area contributed by atoms with Crippen LogP contribution < -0.4 is 0 Å². The van der Waals surface area contributed by atoms with Crippen molar-refractivity contribution >= 4 is 44.9 Å². The van der Waals surface area contributed by atoms with E-state index in [1.165, 1.54) is 17.0 Å². The molecule has 24 heavy (non-hydrogen) atoms. The highest BCUT2D eigenvalue weighted by Crippen LogP contribution is 2.34. The smallest absolute Gasteiger partial charge is 0.268 e. The summed E-state index contributed by atoms with van der Waals surface area (Å²) in [5.74, 6) is -0.838. The first kappa shape index (κ1) is 16.9. The second-order valence-corrected chi connectivity index (χ2v) is 7.33. The zero-order valence-electron chi connectivity index (χ0n) is 12.8. The highest BCUT2D eigenvalue weighted by Gasteiger charge is 2.35. The summed E-state index contributed by atoms with van der Waals surface area (Å²) in [5.41, 5.74) is 2.21. The number of amides is 2. The summed E-state index contributed by atoms with van der Waals surface area (Å²) in [7, 11) is 0. The Balaban J connectivity index is 1.86. The molecule has 0 aliphatic carbocycles. The molecule has 0 saturated carbocycles. The average molecular weight is 406 g/mol. The zero-order chi connectivity index (χ0) is 17.3. The minimum absolute atomic E-state index is 0.213. The van der Waals surface area contributed by atoms with E-state index in [2.05, 4.69) is 15.9 Å². The van der Waals surface area contributed by atoms with Gasteiger partial charge < -0.3 is 0 Å². The minimum Gasteiger partial charge on any atom is -0.268 e. The van der Waals surface area contributed by atoms with Gasteiger partial charge in [0.2, 0.25) is 0 Å². The molecule has 0 N–H and O–H groups in total. The number of carbonyl (C=O) groups is 2. The molecular formula is C18H13BrFNO2S. The number of halogens is 2. The van der Waals surface area contributed by atoms with Crippen LogP contribution in [0.25, 0.3) is 6.08 Å². The lowest BCUT2D eigenvalue weighted by molar-refractivity contribution is -0.123. The first-order valence-corrected chi connectivity index (χ1v) is 8.81. The highest BCUT2D eigenvalue weighted by atomic mass is 79.9. The molecule has 1 aliphatic heterocycles. The predicted octanol–water partition coefficient (Wildman–Crippen LogP) is 5.13. The van der Waals surface area contributed by atoms with E-state index in [0.717, 1.165) is 22.9 Å². The lowest BCUT2D eigenvalue weighted by atomic mass is 10.1. The molecule has 6 heteroatoms. The molecule has 0 radical (unpaired) electrons. The maximum Gasteiger partial charge on any atom is 0.293 e. The maximum atomic E-state index is 13.9. The van der Waals surface area contributed by atoms with Crippen molar-refractivity contribution in [3.8, 4) is 0 Å². The normalized spacial score (nSPS) is 16.3. The Labute approximate surface area is 151 Å². The van der Waals surface area contributed by atoms with Crippen LogP contribution in [-0.4, -0.2) is 16.0 Å². The van der Waals surface area contributed by atoms with Crippen molar-refractivity contribution in [3.05, 3.63) is 74.4 Å². The number of hydrogen-bond acceptors (Lipinski definition) is 3. The summed E-state index contributed by atoms with van der Waals surface area (Å²) in [6.45, 7) is 2.16. The predicted molar refractivity (Wildman–Crippen MR) is 96.8 cm³/mol. The van der Waals surface area contributed by atoms with Crippen LogP contribution in [0.3, 0.4) is 0 Å². The third-order valence-corrected chi connectivity index (χ3v) is 4.94. The number of rotatable bonds is 3. The monoisotopic (exact) mass is 405 g/mol. The van der Waals surface area contributed by atoms with E-state index in [4.69, 9.17) is 0 Å². The van der Waals surface area contributed by atoms with E-state index >= 15 is 0 Å². The first-order valence-electron chi connectivity index (χ1n) is 7.20. The number of aryl methyl sites for hydroxylation is 1. The molecule has 1 aliphatic rings. The Morgan fingerprint density at radius 3 is 2.75 bits per heavy atom. The van der Waals surface area contributed by atoms with Crippen LogP contribution in [0.1, 0.15) is 16.7 Å². The van der Waals surface area contributed by atoms with E-state index in [1.54, 1.807) is 12.1 Å². The molecule has 0 atom stereocenters. The van der Waals surface area contributed by atoms with Gasteiger partial charge in [-0.15, -0.1) is 0 Å². The Hall–Kier alpha value is -1.92. The summed E-state index contributed by atoms with van der Waals surface area (Å²) >= 11 is 4.10. The number of benzene rings is 2. The van der Waals surface area contributed by atoms with Crippen LogP contribution in [-0.2, 0) is 11.3 Å². The topological polar surface area (TPSA) is 37.4 Å². The van der Waals surface area contributed by atoms with Crippen molar-refractivity contribution < 1.29 is 14.0 Å². The molecule has 1 fully saturated rings. The fraction of sp³-hybridized carbons (Fsp3) is 0.111. The van der Waals surface area contributed by atoms with Crippen molar-refractivity contribution in [3.63, 3.8) is 0 Å². The third-order valence-electron chi connectivity index (χ3n) is 3.54. The van der Waals surface area contributed by atoms with Gasteiger partial charge in [0.15, 0.2) is 0 Å². The van der Waals surface area contributed by atoms with Gasteiger partial charge in [-0.1, -0.05) is 45.8 Å². The molecule has 3 nitrogen and oxygen atoms in total. The van der Waals surface area contributed by atoms with E-state index < -0.39 is 11.7 Å². The zero-order valence-corrected chi connectivity index (χ0v) is 15.2. The molecule has 2 aromatic carbocycles. The molecule has 0 bridgehead atoms. The molecule has 1 heterocycles. The molecule has 0 unspecified atom stereocenters. The Kier molecular flexibility index (Phi) is 4.87. The molecule has 0 spiro atoms. The largest absolute Gasteiger partial charge is 0.293 e. The van der Waals surface area contributed by atoms with Crippen LogP contribution >= 0.6 is 27.7 Å². The van der Waals surface area contributed by atoms with Crippen LogP contribution in [0.15, 0.2) is 51.8 Å². The Bertz CT molecular complexity index is 866. The van der Waals surface area contributed by atoms with Gasteiger partial charge in [0.25, 0.3) is 11.1 Å². The van der Waals surface area contributed by atoms with Crippen LogP contribution in [0.5, 0.6) is 0 Å². The number of carbonyl (C=O) groups excluding carboxylic acids is 2. The molecule has 0 aromatic heterocycles. The lowest BCUT2D eigenvalue weighted by Gasteiger charge is -2.12. The van der Waals surface area contributed by atoms with Gasteiger partial charge in [-0.05, 0) is 48.5 Å². The van der Waals surface area contributed by atoms with Crippen molar-refractivity contribution in [2.45, 2.75) is 13.5 Å². The van der Waals surface area contributed by atoms with Crippen LogP contribution in [0.2, 0.25) is 0 Å². The van der Waals surface area contributed by atoms with Gasteiger partial charge in [0.1, 0.15) is 5.82 Å².